The number of anilines is 1. The molecule has 0 spiro atoms. The highest BCUT2D eigenvalue weighted by Gasteiger charge is 2.04. The number of amides is 2. The van der Waals surface area contributed by atoms with Crippen molar-refractivity contribution in [3.05, 3.63) is 83.7 Å². The van der Waals surface area contributed by atoms with Crippen molar-refractivity contribution in [3.63, 3.8) is 0 Å². The van der Waals surface area contributed by atoms with Crippen molar-refractivity contribution >= 4 is 11.7 Å². The zero-order chi connectivity index (χ0) is 18.4. The van der Waals surface area contributed by atoms with Crippen molar-refractivity contribution in [1.82, 2.24) is 10.3 Å². The fourth-order valence-corrected chi connectivity index (χ4v) is 2.85. The van der Waals surface area contributed by atoms with E-state index in [0.717, 1.165) is 28.9 Å². The minimum Gasteiger partial charge on any atom is -0.338 e. The molecular weight excluding hydrogens is 322 g/mol. The molecule has 2 amide bonds. The van der Waals surface area contributed by atoms with E-state index in [1.807, 2.05) is 55.5 Å². The number of hydrogen-bond acceptors (Lipinski definition) is 2. The first-order valence-electron chi connectivity index (χ1n) is 8.74. The van der Waals surface area contributed by atoms with Gasteiger partial charge in [0.15, 0.2) is 0 Å². The summed E-state index contributed by atoms with van der Waals surface area (Å²) >= 11 is 0. The Bertz CT molecular complexity index is 888. The second kappa shape index (κ2) is 8.30. The van der Waals surface area contributed by atoms with Crippen LogP contribution < -0.4 is 10.6 Å². The van der Waals surface area contributed by atoms with Gasteiger partial charge < -0.3 is 10.6 Å². The molecule has 0 saturated carbocycles. The molecule has 0 radical (unpaired) electrons. The highest BCUT2D eigenvalue weighted by Crippen LogP contribution is 2.21. The van der Waals surface area contributed by atoms with Crippen molar-refractivity contribution in [2.24, 2.45) is 0 Å². The highest BCUT2D eigenvalue weighted by atomic mass is 16.2. The number of aromatic nitrogens is 1. The van der Waals surface area contributed by atoms with Gasteiger partial charge in [-0.2, -0.15) is 0 Å². The molecule has 0 aliphatic rings. The molecule has 26 heavy (non-hydrogen) atoms. The van der Waals surface area contributed by atoms with Gasteiger partial charge in [-0.3, -0.25) is 4.98 Å². The molecule has 4 nitrogen and oxygen atoms in total. The number of carbonyl (C=O) groups excluding carboxylic acids is 1. The summed E-state index contributed by atoms with van der Waals surface area (Å²) in [5, 5.41) is 5.77. The standard InChI is InChI=1S/C22H23N3O/c1-16-5-3-4-6-18(16)11-14-24-22(26)25-21-9-7-19(8-10-21)20-12-13-23-17(2)15-20/h3-10,12-13,15H,11,14H2,1-2H3,(H2,24,25,26). The van der Waals surface area contributed by atoms with Crippen LogP contribution in [0.4, 0.5) is 10.5 Å². The predicted molar refractivity (Wildman–Crippen MR) is 106 cm³/mol. The number of nitrogens with one attached hydrogen (secondary N) is 2. The lowest BCUT2D eigenvalue weighted by Crippen LogP contribution is -2.30. The molecule has 0 bridgehead atoms. The average molecular weight is 345 g/mol. The Kier molecular flexibility index (Phi) is 5.64. The Morgan fingerprint density at radius 1 is 0.962 bits per heavy atom. The summed E-state index contributed by atoms with van der Waals surface area (Å²) in [6.45, 7) is 4.66. The van der Waals surface area contributed by atoms with Crippen LogP contribution in [0.3, 0.4) is 0 Å². The van der Waals surface area contributed by atoms with Crippen molar-refractivity contribution in [2.75, 3.05) is 11.9 Å². The number of rotatable bonds is 5. The Morgan fingerprint density at radius 2 is 1.73 bits per heavy atom. The van der Waals surface area contributed by atoms with Gasteiger partial charge in [0.25, 0.3) is 0 Å². The number of nitrogens with zero attached hydrogens (tertiary/aromatic N) is 1. The van der Waals surface area contributed by atoms with E-state index in [9.17, 15) is 4.79 Å². The molecule has 1 heterocycles. The van der Waals surface area contributed by atoms with E-state index < -0.39 is 0 Å². The van der Waals surface area contributed by atoms with E-state index in [-0.39, 0.29) is 6.03 Å². The summed E-state index contributed by atoms with van der Waals surface area (Å²) in [7, 11) is 0. The lowest BCUT2D eigenvalue weighted by molar-refractivity contribution is 0.252. The van der Waals surface area contributed by atoms with Crippen LogP contribution in [0.1, 0.15) is 16.8 Å². The van der Waals surface area contributed by atoms with Crippen LogP contribution in [0.15, 0.2) is 66.9 Å². The van der Waals surface area contributed by atoms with Crippen LogP contribution in [0.2, 0.25) is 0 Å². The van der Waals surface area contributed by atoms with Gasteiger partial charge in [0.1, 0.15) is 0 Å². The quantitative estimate of drug-likeness (QED) is 0.702. The van der Waals surface area contributed by atoms with E-state index in [0.29, 0.717) is 6.54 Å². The molecule has 4 heteroatoms. The molecule has 132 valence electrons. The number of aryl methyl sites for hydroxylation is 2. The summed E-state index contributed by atoms with van der Waals surface area (Å²) < 4.78 is 0. The fourth-order valence-electron chi connectivity index (χ4n) is 2.85. The lowest BCUT2D eigenvalue weighted by Gasteiger charge is -2.10. The SMILES string of the molecule is Cc1cc(-c2ccc(NC(=O)NCCc3ccccc3C)cc2)ccn1. The maximum atomic E-state index is 12.1. The highest BCUT2D eigenvalue weighted by molar-refractivity contribution is 5.89. The summed E-state index contributed by atoms with van der Waals surface area (Å²) in [5.41, 5.74) is 6.47. The third-order valence-electron chi connectivity index (χ3n) is 4.31. The van der Waals surface area contributed by atoms with Gasteiger partial charge in [0, 0.05) is 24.1 Å². The lowest BCUT2D eigenvalue weighted by atomic mass is 10.1. The molecule has 2 aromatic carbocycles. The normalized spacial score (nSPS) is 10.4. The molecule has 3 aromatic rings. The van der Waals surface area contributed by atoms with Gasteiger partial charge in [-0.25, -0.2) is 4.79 Å². The molecule has 1 aromatic heterocycles. The van der Waals surface area contributed by atoms with Gasteiger partial charge >= 0.3 is 6.03 Å². The number of carbonyl (C=O) groups is 1. The first kappa shape index (κ1) is 17.7. The van der Waals surface area contributed by atoms with E-state index >= 15 is 0 Å². The molecule has 0 atom stereocenters. The van der Waals surface area contributed by atoms with E-state index in [1.165, 1.54) is 11.1 Å². The minimum atomic E-state index is -0.189. The Hall–Kier alpha value is -3.14. The monoisotopic (exact) mass is 345 g/mol. The number of hydrogen-bond donors (Lipinski definition) is 2. The Labute approximate surface area is 154 Å². The molecular formula is C22H23N3O. The molecule has 0 saturated heterocycles. The van der Waals surface area contributed by atoms with Crippen molar-refractivity contribution in [1.29, 1.82) is 0 Å². The van der Waals surface area contributed by atoms with Crippen LogP contribution in [0, 0.1) is 13.8 Å². The van der Waals surface area contributed by atoms with Gasteiger partial charge in [-0.05, 0) is 66.8 Å². The predicted octanol–water partition coefficient (Wildman–Crippen LogP) is 4.73. The molecule has 2 N–H and O–H groups in total. The summed E-state index contributed by atoms with van der Waals surface area (Å²) in [6.07, 6.45) is 2.62. The zero-order valence-corrected chi connectivity index (χ0v) is 15.1. The topological polar surface area (TPSA) is 54.0 Å². The van der Waals surface area contributed by atoms with Crippen LogP contribution in [0.25, 0.3) is 11.1 Å². The summed E-state index contributed by atoms with van der Waals surface area (Å²) in [6, 6.07) is 19.9. The number of pyridine rings is 1. The van der Waals surface area contributed by atoms with Gasteiger partial charge in [-0.1, -0.05) is 36.4 Å². The van der Waals surface area contributed by atoms with E-state index in [4.69, 9.17) is 0 Å². The second-order valence-electron chi connectivity index (χ2n) is 6.32. The maximum Gasteiger partial charge on any atom is 0.319 e. The Balaban J connectivity index is 1.52. The van der Waals surface area contributed by atoms with Crippen molar-refractivity contribution < 1.29 is 4.79 Å². The van der Waals surface area contributed by atoms with Crippen LogP contribution in [-0.4, -0.2) is 17.6 Å². The summed E-state index contributed by atoms with van der Waals surface area (Å²) in [4.78, 5) is 16.3. The molecule has 0 fully saturated rings. The third-order valence-corrected chi connectivity index (χ3v) is 4.31. The first-order chi connectivity index (χ1) is 12.6. The third kappa shape index (κ3) is 4.70. The minimum absolute atomic E-state index is 0.189. The maximum absolute atomic E-state index is 12.1. The van der Waals surface area contributed by atoms with Crippen LogP contribution in [-0.2, 0) is 6.42 Å². The average Bonchev–Trinajstić information content (AvgIpc) is 2.64. The first-order valence-corrected chi connectivity index (χ1v) is 8.74. The smallest absolute Gasteiger partial charge is 0.319 e. The summed E-state index contributed by atoms with van der Waals surface area (Å²) in [5.74, 6) is 0. The number of urea groups is 1. The Morgan fingerprint density at radius 3 is 2.46 bits per heavy atom. The van der Waals surface area contributed by atoms with E-state index in [2.05, 4.69) is 34.7 Å². The molecule has 3 rings (SSSR count). The molecule has 0 aliphatic heterocycles. The van der Waals surface area contributed by atoms with Crippen molar-refractivity contribution in [2.45, 2.75) is 20.3 Å². The fraction of sp³-hybridized carbons (Fsp3) is 0.182. The van der Waals surface area contributed by atoms with Gasteiger partial charge in [-0.15, -0.1) is 0 Å². The zero-order valence-electron chi connectivity index (χ0n) is 15.1. The molecule has 0 unspecified atom stereocenters. The van der Waals surface area contributed by atoms with Gasteiger partial charge in [0.05, 0.1) is 0 Å². The van der Waals surface area contributed by atoms with Crippen molar-refractivity contribution in [3.8, 4) is 11.1 Å². The van der Waals surface area contributed by atoms with Gasteiger partial charge in [0.2, 0.25) is 0 Å². The second-order valence-corrected chi connectivity index (χ2v) is 6.32. The van der Waals surface area contributed by atoms with Crippen LogP contribution in [0.5, 0.6) is 0 Å². The van der Waals surface area contributed by atoms with E-state index in [1.54, 1.807) is 6.20 Å². The molecule has 0 aliphatic carbocycles. The van der Waals surface area contributed by atoms with Crippen LogP contribution >= 0.6 is 0 Å². The number of benzene rings is 2. The largest absolute Gasteiger partial charge is 0.338 e.